The first-order chi connectivity index (χ1) is 9.10. The lowest BCUT2D eigenvalue weighted by molar-refractivity contribution is 0.444. The van der Waals surface area contributed by atoms with Gasteiger partial charge in [-0.05, 0) is 19.4 Å². The maximum absolute atomic E-state index is 6.06. The van der Waals surface area contributed by atoms with E-state index in [9.17, 15) is 0 Å². The van der Waals surface area contributed by atoms with Crippen molar-refractivity contribution in [3.05, 3.63) is 27.9 Å². The third-order valence-corrected chi connectivity index (χ3v) is 2.88. The molecule has 0 saturated heterocycles. The number of anilines is 1. The first kappa shape index (κ1) is 14.0. The molecule has 5 nitrogen and oxygen atoms in total. The van der Waals surface area contributed by atoms with Gasteiger partial charge in [0, 0.05) is 18.3 Å². The molecule has 102 valence electrons. The minimum Gasteiger partial charge on any atom is -0.417 e. The van der Waals surface area contributed by atoms with E-state index in [2.05, 4.69) is 27.4 Å². The summed E-state index contributed by atoms with van der Waals surface area (Å²) in [5.41, 5.74) is 0.893. The van der Waals surface area contributed by atoms with E-state index in [0.717, 1.165) is 18.7 Å². The van der Waals surface area contributed by atoms with Gasteiger partial charge >= 0.3 is 0 Å². The zero-order valence-corrected chi connectivity index (χ0v) is 12.1. The number of nitrogens with zero attached hydrogens (tertiary/aromatic N) is 2. The highest BCUT2D eigenvalue weighted by atomic mass is 35.5. The van der Waals surface area contributed by atoms with Crippen molar-refractivity contribution in [1.82, 2.24) is 15.2 Å². The van der Waals surface area contributed by atoms with E-state index in [1.165, 1.54) is 0 Å². The Morgan fingerprint density at radius 1 is 1.32 bits per heavy atom. The van der Waals surface area contributed by atoms with Gasteiger partial charge in [0.25, 0.3) is 0 Å². The van der Waals surface area contributed by atoms with Crippen molar-refractivity contribution in [2.24, 2.45) is 0 Å². The topological polar surface area (TPSA) is 62.8 Å². The molecule has 0 radical (unpaired) electrons. The van der Waals surface area contributed by atoms with Crippen LogP contribution in [0.5, 0.6) is 11.8 Å². The number of H-pyrrole nitrogens is 1. The van der Waals surface area contributed by atoms with Crippen LogP contribution in [0.15, 0.2) is 12.1 Å². The number of hydrogen-bond donors (Lipinski definition) is 2. The van der Waals surface area contributed by atoms with E-state index in [-0.39, 0.29) is 5.88 Å². The second kappa shape index (κ2) is 6.12. The molecule has 0 aliphatic carbocycles. The van der Waals surface area contributed by atoms with Gasteiger partial charge in [-0.15, -0.1) is 5.10 Å². The summed E-state index contributed by atoms with van der Waals surface area (Å²) in [6.07, 6.45) is 0.968. The van der Waals surface area contributed by atoms with Crippen LogP contribution >= 0.6 is 23.2 Å². The molecule has 0 spiro atoms. The molecule has 2 aromatic heterocycles. The molecule has 0 aromatic carbocycles. The first-order valence-electron chi connectivity index (χ1n) is 5.90. The van der Waals surface area contributed by atoms with Crippen LogP contribution in [0, 0.1) is 6.92 Å². The second-order valence-electron chi connectivity index (χ2n) is 4.02. The SMILES string of the molecule is CCCNc1nc(Oc2cc(C)[nH]n2)c(Cl)cc1Cl. The summed E-state index contributed by atoms with van der Waals surface area (Å²) in [6.45, 7) is 4.71. The Hall–Kier alpha value is -1.46. The summed E-state index contributed by atoms with van der Waals surface area (Å²) in [4.78, 5) is 4.26. The van der Waals surface area contributed by atoms with Gasteiger partial charge in [0.05, 0.1) is 5.02 Å². The number of pyridine rings is 1. The lowest BCUT2D eigenvalue weighted by atomic mass is 10.4. The number of nitrogens with one attached hydrogen (secondary N) is 2. The largest absolute Gasteiger partial charge is 0.417 e. The Balaban J connectivity index is 2.24. The Labute approximate surface area is 121 Å². The van der Waals surface area contributed by atoms with Gasteiger partial charge in [0.2, 0.25) is 11.8 Å². The summed E-state index contributed by atoms with van der Waals surface area (Å²) < 4.78 is 5.52. The summed E-state index contributed by atoms with van der Waals surface area (Å²) in [6, 6.07) is 3.36. The Morgan fingerprint density at radius 2 is 2.11 bits per heavy atom. The first-order valence-corrected chi connectivity index (χ1v) is 6.65. The van der Waals surface area contributed by atoms with Crippen molar-refractivity contribution in [1.29, 1.82) is 0 Å². The average molecular weight is 301 g/mol. The van der Waals surface area contributed by atoms with Crippen molar-refractivity contribution < 1.29 is 4.74 Å². The highest BCUT2D eigenvalue weighted by molar-refractivity contribution is 6.36. The summed E-state index contributed by atoms with van der Waals surface area (Å²) in [5, 5.41) is 10.7. The Morgan fingerprint density at radius 3 is 2.74 bits per heavy atom. The number of aryl methyl sites for hydroxylation is 1. The highest BCUT2D eigenvalue weighted by Gasteiger charge is 2.12. The summed E-state index contributed by atoms with van der Waals surface area (Å²) >= 11 is 12.1. The molecular formula is C12H14Cl2N4O. The molecule has 0 aliphatic heterocycles. The number of aromatic amines is 1. The second-order valence-corrected chi connectivity index (χ2v) is 4.84. The van der Waals surface area contributed by atoms with Gasteiger partial charge in [-0.3, -0.25) is 5.10 Å². The molecule has 2 rings (SSSR count). The van der Waals surface area contributed by atoms with Gasteiger partial charge in [-0.25, -0.2) is 0 Å². The van der Waals surface area contributed by atoms with Gasteiger partial charge in [-0.1, -0.05) is 30.1 Å². The Kier molecular flexibility index (Phi) is 4.50. The van der Waals surface area contributed by atoms with Gasteiger partial charge in [0.15, 0.2) is 0 Å². The fourth-order valence-electron chi connectivity index (χ4n) is 1.43. The number of ether oxygens (including phenoxy) is 1. The fraction of sp³-hybridized carbons (Fsp3) is 0.333. The number of rotatable bonds is 5. The predicted molar refractivity (Wildman–Crippen MR) is 76.4 cm³/mol. The van der Waals surface area contributed by atoms with Crippen LogP contribution in [0.25, 0.3) is 0 Å². The zero-order valence-electron chi connectivity index (χ0n) is 10.6. The average Bonchev–Trinajstić information content (AvgIpc) is 2.77. The molecule has 0 fully saturated rings. The highest BCUT2D eigenvalue weighted by Crippen LogP contribution is 2.33. The van der Waals surface area contributed by atoms with E-state index in [1.807, 2.05) is 6.92 Å². The van der Waals surface area contributed by atoms with Crippen molar-refractivity contribution >= 4 is 29.0 Å². The molecular weight excluding hydrogens is 287 g/mol. The Bertz CT molecular complexity index is 571. The van der Waals surface area contributed by atoms with E-state index < -0.39 is 0 Å². The van der Waals surface area contributed by atoms with Crippen LogP contribution in [0.2, 0.25) is 10.0 Å². The molecule has 0 saturated carbocycles. The van der Waals surface area contributed by atoms with Crippen molar-refractivity contribution in [3.8, 4) is 11.8 Å². The van der Waals surface area contributed by atoms with E-state index in [1.54, 1.807) is 12.1 Å². The minimum atomic E-state index is 0.274. The monoisotopic (exact) mass is 300 g/mol. The van der Waals surface area contributed by atoms with E-state index in [4.69, 9.17) is 27.9 Å². The van der Waals surface area contributed by atoms with Crippen LogP contribution in [0.1, 0.15) is 19.0 Å². The minimum absolute atomic E-state index is 0.274. The number of halogens is 2. The molecule has 2 heterocycles. The summed E-state index contributed by atoms with van der Waals surface area (Å²) in [7, 11) is 0. The molecule has 0 amide bonds. The zero-order chi connectivity index (χ0) is 13.8. The lowest BCUT2D eigenvalue weighted by Crippen LogP contribution is -2.03. The fourth-order valence-corrected chi connectivity index (χ4v) is 1.90. The molecule has 0 atom stereocenters. The van der Waals surface area contributed by atoms with Crippen molar-refractivity contribution in [2.45, 2.75) is 20.3 Å². The number of aromatic nitrogens is 3. The number of hydrogen-bond acceptors (Lipinski definition) is 4. The van der Waals surface area contributed by atoms with Crippen LogP contribution in [-0.2, 0) is 0 Å². The predicted octanol–water partition coefficient (Wildman–Crippen LogP) is 4.03. The van der Waals surface area contributed by atoms with Gasteiger partial charge in [0.1, 0.15) is 10.8 Å². The molecule has 0 aliphatic rings. The van der Waals surface area contributed by atoms with Crippen LogP contribution < -0.4 is 10.1 Å². The maximum atomic E-state index is 6.06. The molecule has 19 heavy (non-hydrogen) atoms. The van der Waals surface area contributed by atoms with Crippen molar-refractivity contribution in [3.63, 3.8) is 0 Å². The molecule has 2 N–H and O–H groups in total. The van der Waals surface area contributed by atoms with Gasteiger partial charge in [-0.2, -0.15) is 4.98 Å². The third kappa shape index (κ3) is 3.52. The molecule has 0 unspecified atom stereocenters. The van der Waals surface area contributed by atoms with E-state index >= 15 is 0 Å². The van der Waals surface area contributed by atoms with Gasteiger partial charge < -0.3 is 10.1 Å². The van der Waals surface area contributed by atoms with Crippen LogP contribution in [0.4, 0.5) is 5.82 Å². The maximum Gasteiger partial charge on any atom is 0.242 e. The lowest BCUT2D eigenvalue weighted by Gasteiger charge is -2.09. The molecule has 2 aromatic rings. The summed E-state index contributed by atoms with van der Waals surface area (Å²) in [5.74, 6) is 1.24. The quantitative estimate of drug-likeness (QED) is 0.875. The normalized spacial score (nSPS) is 10.5. The van der Waals surface area contributed by atoms with Crippen LogP contribution in [0.3, 0.4) is 0 Å². The molecule has 7 heteroatoms. The third-order valence-electron chi connectivity index (χ3n) is 2.32. The van der Waals surface area contributed by atoms with E-state index in [0.29, 0.717) is 21.7 Å². The standard InChI is InChI=1S/C12H14Cl2N4O/c1-3-4-15-11-8(13)6-9(14)12(16-11)19-10-5-7(2)17-18-10/h5-6H,3-4H2,1-2H3,(H,15,16)(H,17,18). The molecule has 0 bridgehead atoms. The van der Waals surface area contributed by atoms with Crippen LogP contribution in [-0.4, -0.2) is 21.7 Å². The van der Waals surface area contributed by atoms with Crippen molar-refractivity contribution in [2.75, 3.05) is 11.9 Å². The smallest absolute Gasteiger partial charge is 0.242 e.